The number of rotatable bonds is 3. The number of aliphatic carboxylic acids is 1. The molecule has 0 unspecified atom stereocenters. The maximum atomic E-state index is 10.8. The van der Waals surface area contributed by atoms with Gasteiger partial charge in [-0.3, -0.25) is 4.79 Å². The first-order chi connectivity index (χ1) is 7.25. The van der Waals surface area contributed by atoms with Crippen molar-refractivity contribution in [1.82, 2.24) is 0 Å². The molecule has 0 bridgehead atoms. The number of aromatic hydroxyl groups is 1. The molecule has 88 valence electrons. The number of phenols is 1. The third kappa shape index (κ3) is 2.55. The second-order valence-electron chi connectivity index (χ2n) is 4.54. The van der Waals surface area contributed by atoms with E-state index in [1.165, 1.54) is 0 Å². The van der Waals surface area contributed by atoms with Crippen LogP contribution in [-0.4, -0.2) is 16.2 Å². The Morgan fingerprint density at radius 3 is 2.50 bits per heavy atom. The van der Waals surface area contributed by atoms with Gasteiger partial charge in [-0.2, -0.15) is 0 Å². The normalized spacial score (nSPS) is 11.5. The Morgan fingerprint density at radius 1 is 1.44 bits per heavy atom. The summed E-state index contributed by atoms with van der Waals surface area (Å²) in [7, 11) is 0. The molecule has 4 heteroatoms. The molecule has 3 nitrogen and oxygen atoms in total. The SMILES string of the molecule is Cc1ccc(Br)c(C(C)(C)CC(=O)O)c1O. The first-order valence-corrected chi connectivity index (χ1v) is 5.75. The molecule has 0 radical (unpaired) electrons. The molecule has 0 fully saturated rings. The van der Waals surface area contributed by atoms with Crippen LogP contribution in [0, 0.1) is 6.92 Å². The molecule has 0 aliphatic heterocycles. The van der Waals surface area contributed by atoms with Crippen LogP contribution < -0.4 is 0 Å². The maximum absolute atomic E-state index is 10.8. The highest BCUT2D eigenvalue weighted by molar-refractivity contribution is 9.10. The summed E-state index contributed by atoms with van der Waals surface area (Å²) < 4.78 is 0.738. The zero-order valence-electron chi connectivity index (χ0n) is 9.54. The summed E-state index contributed by atoms with van der Waals surface area (Å²) in [6.45, 7) is 5.41. The van der Waals surface area contributed by atoms with Crippen molar-refractivity contribution >= 4 is 21.9 Å². The minimum absolute atomic E-state index is 0.0252. The lowest BCUT2D eigenvalue weighted by atomic mass is 9.80. The number of aryl methyl sites for hydroxylation is 1. The number of carboxylic acid groups (broad SMARTS) is 1. The van der Waals surface area contributed by atoms with Crippen molar-refractivity contribution in [1.29, 1.82) is 0 Å². The molecular formula is C12H15BrO3. The second kappa shape index (κ2) is 4.45. The minimum atomic E-state index is -0.877. The van der Waals surface area contributed by atoms with Crippen molar-refractivity contribution in [2.75, 3.05) is 0 Å². The molecule has 0 atom stereocenters. The van der Waals surface area contributed by atoms with Crippen LogP contribution in [0.25, 0.3) is 0 Å². The van der Waals surface area contributed by atoms with E-state index in [9.17, 15) is 9.90 Å². The van der Waals surface area contributed by atoms with Gasteiger partial charge in [-0.25, -0.2) is 0 Å². The third-order valence-corrected chi connectivity index (χ3v) is 3.26. The number of benzene rings is 1. The Hall–Kier alpha value is -1.03. The van der Waals surface area contributed by atoms with Crippen molar-refractivity contribution in [3.8, 4) is 5.75 Å². The molecule has 0 saturated carbocycles. The van der Waals surface area contributed by atoms with E-state index < -0.39 is 11.4 Å². The maximum Gasteiger partial charge on any atom is 0.304 e. The lowest BCUT2D eigenvalue weighted by Crippen LogP contribution is -2.22. The summed E-state index contributed by atoms with van der Waals surface area (Å²) in [5.74, 6) is -0.710. The van der Waals surface area contributed by atoms with Crippen LogP contribution in [0.4, 0.5) is 0 Å². The summed E-state index contributed by atoms with van der Waals surface area (Å²) in [6.07, 6.45) is -0.0252. The largest absolute Gasteiger partial charge is 0.507 e. The van der Waals surface area contributed by atoms with E-state index in [4.69, 9.17) is 5.11 Å². The Bertz CT molecular complexity index is 425. The summed E-state index contributed by atoms with van der Waals surface area (Å²) in [5.41, 5.74) is 0.785. The average Bonchev–Trinajstić information content (AvgIpc) is 2.09. The zero-order chi connectivity index (χ0) is 12.5. The van der Waals surface area contributed by atoms with Crippen molar-refractivity contribution in [3.63, 3.8) is 0 Å². The molecule has 1 aromatic rings. The minimum Gasteiger partial charge on any atom is -0.507 e. The molecular weight excluding hydrogens is 272 g/mol. The van der Waals surface area contributed by atoms with Crippen LogP contribution >= 0.6 is 15.9 Å². The highest BCUT2D eigenvalue weighted by atomic mass is 79.9. The van der Waals surface area contributed by atoms with Crippen LogP contribution in [0.1, 0.15) is 31.4 Å². The van der Waals surface area contributed by atoms with E-state index in [1.54, 1.807) is 26.8 Å². The molecule has 0 aromatic heterocycles. The molecule has 2 N–H and O–H groups in total. The van der Waals surface area contributed by atoms with Crippen LogP contribution in [0.5, 0.6) is 5.75 Å². The van der Waals surface area contributed by atoms with Crippen molar-refractivity contribution in [3.05, 3.63) is 27.7 Å². The van der Waals surface area contributed by atoms with E-state index >= 15 is 0 Å². The van der Waals surface area contributed by atoms with Crippen molar-refractivity contribution < 1.29 is 15.0 Å². The van der Waals surface area contributed by atoms with Gasteiger partial charge in [0, 0.05) is 15.5 Å². The number of carboxylic acids is 1. The highest BCUT2D eigenvalue weighted by Gasteiger charge is 2.29. The predicted octanol–water partition coefficient (Wildman–Crippen LogP) is 3.22. The molecule has 0 aliphatic carbocycles. The Balaban J connectivity index is 3.31. The van der Waals surface area contributed by atoms with Gasteiger partial charge in [-0.05, 0) is 18.6 Å². The topological polar surface area (TPSA) is 57.5 Å². The van der Waals surface area contributed by atoms with Gasteiger partial charge >= 0.3 is 5.97 Å². The molecule has 1 aromatic carbocycles. The van der Waals surface area contributed by atoms with E-state index in [-0.39, 0.29) is 12.2 Å². The van der Waals surface area contributed by atoms with Gasteiger partial charge in [0.15, 0.2) is 0 Å². The molecule has 0 amide bonds. The lowest BCUT2D eigenvalue weighted by molar-refractivity contribution is -0.138. The smallest absolute Gasteiger partial charge is 0.304 e. The molecule has 16 heavy (non-hydrogen) atoms. The summed E-state index contributed by atoms with van der Waals surface area (Å²) in [5, 5.41) is 18.9. The van der Waals surface area contributed by atoms with Crippen molar-refractivity contribution in [2.24, 2.45) is 0 Å². The summed E-state index contributed by atoms with van der Waals surface area (Å²) in [6, 6.07) is 3.62. The molecule has 1 rings (SSSR count). The standard InChI is InChI=1S/C12H15BrO3/c1-7-4-5-8(13)10(11(7)16)12(2,3)6-9(14)15/h4-5,16H,6H2,1-3H3,(H,14,15). The van der Waals surface area contributed by atoms with Gasteiger partial charge in [0.25, 0.3) is 0 Å². The fourth-order valence-electron chi connectivity index (χ4n) is 1.78. The number of hydrogen-bond acceptors (Lipinski definition) is 2. The van der Waals surface area contributed by atoms with Gasteiger partial charge in [0.05, 0.1) is 6.42 Å². The summed E-state index contributed by atoms with van der Waals surface area (Å²) in [4.78, 5) is 10.8. The van der Waals surface area contributed by atoms with Gasteiger partial charge in [0.2, 0.25) is 0 Å². The fourth-order valence-corrected chi connectivity index (χ4v) is 2.64. The van der Waals surface area contributed by atoms with E-state index in [0.717, 1.165) is 10.0 Å². The van der Waals surface area contributed by atoms with E-state index in [1.807, 2.05) is 6.07 Å². The van der Waals surface area contributed by atoms with Crippen LogP contribution in [-0.2, 0) is 10.2 Å². The van der Waals surface area contributed by atoms with Crippen molar-refractivity contribution in [2.45, 2.75) is 32.6 Å². The van der Waals surface area contributed by atoms with Gasteiger partial charge in [0.1, 0.15) is 5.75 Å². The Kier molecular flexibility index (Phi) is 3.63. The number of phenolic OH excluding ortho intramolecular Hbond substituents is 1. The van der Waals surface area contributed by atoms with Crippen LogP contribution in [0.15, 0.2) is 16.6 Å². The number of halogens is 1. The Labute approximate surface area is 103 Å². The van der Waals surface area contributed by atoms with Gasteiger partial charge in [-0.15, -0.1) is 0 Å². The molecule has 0 spiro atoms. The average molecular weight is 287 g/mol. The lowest BCUT2D eigenvalue weighted by Gasteiger charge is -2.26. The fraction of sp³-hybridized carbons (Fsp3) is 0.417. The zero-order valence-corrected chi connectivity index (χ0v) is 11.1. The number of carbonyl (C=O) groups is 1. The predicted molar refractivity (Wildman–Crippen MR) is 65.8 cm³/mol. The van der Waals surface area contributed by atoms with Crippen LogP contribution in [0.2, 0.25) is 0 Å². The van der Waals surface area contributed by atoms with Gasteiger partial charge in [-0.1, -0.05) is 35.8 Å². The monoisotopic (exact) mass is 286 g/mol. The second-order valence-corrected chi connectivity index (χ2v) is 5.40. The molecule has 0 saturated heterocycles. The first kappa shape index (κ1) is 13.0. The quantitative estimate of drug-likeness (QED) is 0.897. The summed E-state index contributed by atoms with van der Waals surface area (Å²) >= 11 is 3.35. The number of hydrogen-bond donors (Lipinski definition) is 2. The Morgan fingerprint density at radius 2 is 2.00 bits per heavy atom. The third-order valence-electron chi connectivity index (χ3n) is 2.60. The highest BCUT2D eigenvalue weighted by Crippen LogP contribution is 2.40. The van der Waals surface area contributed by atoms with E-state index in [0.29, 0.717) is 5.56 Å². The van der Waals surface area contributed by atoms with Crippen LogP contribution in [0.3, 0.4) is 0 Å². The van der Waals surface area contributed by atoms with Gasteiger partial charge < -0.3 is 10.2 Å². The van der Waals surface area contributed by atoms with E-state index in [2.05, 4.69) is 15.9 Å². The molecule has 0 aliphatic rings. The first-order valence-electron chi connectivity index (χ1n) is 4.96. The molecule has 0 heterocycles.